The molecular formula is C12H17N5O. The van der Waals surface area contributed by atoms with Crippen molar-refractivity contribution < 1.29 is 4.74 Å². The molecule has 1 aromatic carbocycles. The van der Waals surface area contributed by atoms with Crippen LogP contribution in [0.15, 0.2) is 24.3 Å². The monoisotopic (exact) mass is 247 g/mol. The SMILES string of the molecule is CNCC(c1ccc(OC)cc1)c1nnn(C)n1. The molecule has 0 aliphatic carbocycles. The molecule has 2 rings (SSSR count). The first-order chi connectivity index (χ1) is 8.74. The first kappa shape index (κ1) is 12.5. The van der Waals surface area contributed by atoms with Gasteiger partial charge in [-0.25, -0.2) is 0 Å². The number of methoxy groups -OCH3 is 1. The molecule has 6 nitrogen and oxygen atoms in total. The summed E-state index contributed by atoms with van der Waals surface area (Å²) in [6.45, 7) is 0.762. The maximum atomic E-state index is 5.16. The van der Waals surface area contributed by atoms with Gasteiger partial charge in [0.1, 0.15) is 5.75 Å². The predicted molar refractivity (Wildman–Crippen MR) is 67.6 cm³/mol. The van der Waals surface area contributed by atoms with Crippen molar-refractivity contribution in [3.05, 3.63) is 35.7 Å². The zero-order valence-corrected chi connectivity index (χ0v) is 10.8. The molecule has 2 aromatic rings. The van der Waals surface area contributed by atoms with Crippen LogP contribution in [0.25, 0.3) is 0 Å². The Morgan fingerprint density at radius 1 is 1.33 bits per heavy atom. The molecule has 18 heavy (non-hydrogen) atoms. The first-order valence-corrected chi connectivity index (χ1v) is 5.77. The number of benzene rings is 1. The van der Waals surface area contributed by atoms with Gasteiger partial charge in [0.15, 0.2) is 5.82 Å². The second kappa shape index (κ2) is 5.59. The number of aryl methyl sites for hydroxylation is 1. The van der Waals surface area contributed by atoms with E-state index in [1.807, 2.05) is 31.3 Å². The average Bonchev–Trinajstić information content (AvgIpc) is 2.82. The lowest BCUT2D eigenvalue weighted by Gasteiger charge is -2.13. The zero-order valence-electron chi connectivity index (χ0n) is 10.8. The van der Waals surface area contributed by atoms with E-state index in [9.17, 15) is 0 Å². The topological polar surface area (TPSA) is 64.9 Å². The van der Waals surface area contributed by atoms with E-state index in [2.05, 4.69) is 20.7 Å². The van der Waals surface area contributed by atoms with Crippen LogP contribution in [0.1, 0.15) is 17.3 Å². The van der Waals surface area contributed by atoms with Crippen molar-refractivity contribution in [3.63, 3.8) is 0 Å². The van der Waals surface area contributed by atoms with Gasteiger partial charge in [-0.05, 0) is 30.0 Å². The minimum absolute atomic E-state index is 0.0922. The number of rotatable bonds is 5. The molecule has 0 amide bonds. The molecule has 0 fully saturated rings. The lowest BCUT2D eigenvalue weighted by Crippen LogP contribution is -2.19. The summed E-state index contributed by atoms with van der Waals surface area (Å²) in [4.78, 5) is 1.47. The highest BCUT2D eigenvalue weighted by molar-refractivity contribution is 5.32. The molecule has 6 heteroatoms. The van der Waals surface area contributed by atoms with E-state index in [1.165, 1.54) is 4.80 Å². The number of aromatic nitrogens is 4. The maximum Gasteiger partial charge on any atom is 0.183 e. The normalized spacial score (nSPS) is 12.4. The molecule has 0 aliphatic heterocycles. The molecular weight excluding hydrogens is 230 g/mol. The Kier molecular flexibility index (Phi) is 3.88. The van der Waals surface area contributed by atoms with Crippen LogP contribution in [-0.4, -0.2) is 40.9 Å². The number of likely N-dealkylation sites (N-methyl/N-ethyl adjacent to an activating group) is 1. The fourth-order valence-corrected chi connectivity index (χ4v) is 1.84. The van der Waals surface area contributed by atoms with Crippen molar-refractivity contribution in [1.29, 1.82) is 0 Å². The van der Waals surface area contributed by atoms with Crippen LogP contribution in [0.4, 0.5) is 0 Å². The minimum Gasteiger partial charge on any atom is -0.497 e. The molecule has 96 valence electrons. The summed E-state index contributed by atoms with van der Waals surface area (Å²) >= 11 is 0. The molecule has 1 atom stereocenters. The molecule has 0 aliphatic rings. The van der Waals surface area contributed by atoms with Crippen molar-refractivity contribution in [1.82, 2.24) is 25.5 Å². The highest BCUT2D eigenvalue weighted by atomic mass is 16.5. The van der Waals surface area contributed by atoms with E-state index < -0.39 is 0 Å². The highest BCUT2D eigenvalue weighted by Crippen LogP contribution is 2.22. The van der Waals surface area contributed by atoms with Crippen LogP contribution < -0.4 is 10.1 Å². The van der Waals surface area contributed by atoms with Gasteiger partial charge in [-0.1, -0.05) is 12.1 Å². The molecule has 0 spiro atoms. The van der Waals surface area contributed by atoms with Crippen LogP contribution in [0.3, 0.4) is 0 Å². The smallest absolute Gasteiger partial charge is 0.183 e. The summed E-state index contributed by atoms with van der Waals surface area (Å²) in [5.41, 5.74) is 1.14. The maximum absolute atomic E-state index is 5.16. The lowest BCUT2D eigenvalue weighted by atomic mass is 9.98. The highest BCUT2D eigenvalue weighted by Gasteiger charge is 2.18. The fourth-order valence-electron chi connectivity index (χ4n) is 1.84. The van der Waals surface area contributed by atoms with E-state index in [-0.39, 0.29) is 5.92 Å². The van der Waals surface area contributed by atoms with E-state index in [0.717, 1.165) is 23.7 Å². The van der Waals surface area contributed by atoms with Gasteiger partial charge < -0.3 is 10.1 Å². The van der Waals surface area contributed by atoms with Gasteiger partial charge in [-0.15, -0.1) is 10.2 Å². The second-order valence-electron chi connectivity index (χ2n) is 4.02. The average molecular weight is 247 g/mol. The number of nitrogens with zero attached hydrogens (tertiary/aromatic N) is 4. The summed E-state index contributed by atoms with van der Waals surface area (Å²) in [7, 11) is 5.33. The predicted octanol–water partition coefficient (Wildman–Crippen LogP) is 0.570. The quantitative estimate of drug-likeness (QED) is 0.836. The van der Waals surface area contributed by atoms with Crippen molar-refractivity contribution in [2.75, 3.05) is 20.7 Å². The molecule has 1 N–H and O–H groups in total. The van der Waals surface area contributed by atoms with E-state index >= 15 is 0 Å². The van der Waals surface area contributed by atoms with Crippen LogP contribution in [-0.2, 0) is 7.05 Å². The lowest BCUT2D eigenvalue weighted by molar-refractivity contribution is 0.414. The Balaban J connectivity index is 2.28. The number of ether oxygens (including phenoxy) is 1. The van der Waals surface area contributed by atoms with E-state index in [0.29, 0.717) is 0 Å². The van der Waals surface area contributed by atoms with Gasteiger partial charge in [0, 0.05) is 6.54 Å². The van der Waals surface area contributed by atoms with Gasteiger partial charge in [0.2, 0.25) is 0 Å². The molecule has 0 radical (unpaired) electrons. The molecule has 0 bridgehead atoms. The molecule has 1 unspecified atom stereocenters. The summed E-state index contributed by atoms with van der Waals surface area (Å²) in [6, 6.07) is 7.93. The van der Waals surface area contributed by atoms with Crippen molar-refractivity contribution in [3.8, 4) is 5.75 Å². The van der Waals surface area contributed by atoms with Gasteiger partial charge in [-0.2, -0.15) is 4.80 Å². The standard InChI is InChI=1S/C12H17N5O/c1-13-8-11(12-14-16-17(2)15-12)9-4-6-10(18-3)7-5-9/h4-7,11,13H,8H2,1-3H3. The Morgan fingerprint density at radius 3 is 2.56 bits per heavy atom. The van der Waals surface area contributed by atoms with Crippen LogP contribution in [0, 0.1) is 0 Å². The number of nitrogens with one attached hydrogen (secondary N) is 1. The summed E-state index contributed by atoms with van der Waals surface area (Å²) < 4.78 is 5.16. The first-order valence-electron chi connectivity index (χ1n) is 5.77. The van der Waals surface area contributed by atoms with Crippen LogP contribution in [0.2, 0.25) is 0 Å². The Bertz CT molecular complexity index is 493. The molecule has 0 saturated heterocycles. The third-order valence-corrected chi connectivity index (χ3v) is 2.76. The van der Waals surface area contributed by atoms with Crippen molar-refractivity contribution in [2.24, 2.45) is 7.05 Å². The van der Waals surface area contributed by atoms with E-state index in [1.54, 1.807) is 14.2 Å². The van der Waals surface area contributed by atoms with Gasteiger partial charge in [-0.3, -0.25) is 0 Å². The zero-order chi connectivity index (χ0) is 13.0. The number of hydrogen-bond acceptors (Lipinski definition) is 5. The van der Waals surface area contributed by atoms with E-state index in [4.69, 9.17) is 4.74 Å². The minimum atomic E-state index is 0.0922. The largest absolute Gasteiger partial charge is 0.497 e. The summed E-state index contributed by atoms with van der Waals surface area (Å²) in [5.74, 6) is 1.65. The Morgan fingerprint density at radius 2 is 2.06 bits per heavy atom. The number of hydrogen-bond donors (Lipinski definition) is 1. The fraction of sp³-hybridized carbons (Fsp3) is 0.417. The summed E-state index contributed by atoms with van der Waals surface area (Å²) in [5, 5.41) is 15.4. The summed E-state index contributed by atoms with van der Waals surface area (Å²) in [6.07, 6.45) is 0. The second-order valence-corrected chi connectivity index (χ2v) is 4.02. The molecule has 1 aromatic heterocycles. The third kappa shape index (κ3) is 2.65. The molecule has 0 saturated carbocycles. The number of tetrazole rings is 1. The Labute approximate surface area is 106 Å². The molecule has 1 heterocycles. The van der Waals surface area contributed by atoms with Gasteiger partial charge in [0.05, 0.1) is 20.1 Å². The van der Waals surface area contributed by atoms with Crippen molar-refractivity contribution >= 4 is 0 Å². The van der Waals surface area contributed by atoms with Crippen LogP contribution in [0.5, 0.6) is 5.75 Å². The van der Waals surface area contributed by atoms with Gasteiger partial charge >= 0.3 is 0 Å². The third-order valence-electron chi connectivity index (χ3n) is 2.76. The van der Waals surface area contributed by atoms with Crippen LogP contribution >= 0.6 is 0 Å². The van der Waals surface area contributed by atoms with Crippen molar-refractivity contribution in [2.45, 2.75) is 5.92 Å². The Hall–Kier alpha value is -1.95. The van der Waals surface area contributed by atoms with Gasteiger partial charge in [0.25, 0.3) is 0 Å².